The van der Waals surface area contributed by atoms with Gasteiger partial charge in [0.25, 0.3) is 0 Å². The summed E-state index contributed by atoms with van der Waals surface area (Å²) in [6, 6.07) is 0. The van der Waals surface area contributed by atoms with Gasteiger partial charge in [0.05, 0.1) is 0 Å². The van der Waals surface area contributed by atoms with E-state index in [0.717, 1.165) is 18.4 Å². The SMILES string of the molecule is CCCCC1CCC(CN)(CCC(C)C)CC1. The third kappa shape index (κ3) is 4.99. The summed E-state index contributed by atoms with van der Waals surface area (Å²) in [5, 5.41) is 0. The van der Waals surface area contributed by atoms with Gasteiger partial charge in [-0.2, -0.15) is 0 Å². The minimum Gasteiger partial charge on any atom is -0.330 e. The molecule has 1 fully saturated rings. The van der Waals surface area contributed by atoms with Crippen molar-refractivity contribution in [2.24, 2.45) is 23.0 Å². The zero-order valence-corrected chi connectivity index (χ0v) is 12.3. The Morgan fingerprint density at radius 1 is 1.24 bits per heavy atom. The van der Waals surface area contributed by atoms with Crippen molar-refractivity contribution in [1.29, 1.82) is 0 Å². The monoisotopic (exact) mass is 239 g/mol. The van der Waals surface area contributed by atoms with Crippen LogP contribution in [0.15, 0.2) is 0 Å². The number of nitrogens with two attached hydrogens (primary N) is 1. The molecular weight excluding hydrogens is 206 g/mol. The third-order valence-corrected chi connectivity index (χ3v) is 4.82. The summed E-state index contributed by atoms with van der Waals surface area (Å²) in [6.07, 6.45) is 12.6. The maximum absolute atomic E-state index is 6.07. The van der Waals surface area contributed by atoms with Crippen LogP contribution in [0.25, 0.3) is 0 Å². The first-order valence-corrected chi connectivity index (χ1v) is 7.82. The Morgan fingerprint density at radius 2 is 1.88 bits per heavy atom. The smallest absolute Gasteiger partial charge is 0.00205 e. The maximum atomic E-state index is 6.07. The molecule has 1 nitrogen and oxygen atoms in total. The van der Waals surface area contributed by atoms with Gasteiger partial charge in [-0.3, -0.25) is 0 Å². The molecule has 0 aliphatic heterocycles. The minimum absolute atomic E-state index is 0.507. The second-order valence-electron chi connectivity index (χ2n) is 6.72. The van der Waals surface area contributed by atoms with Crippen molar-refractivity contribution in [1.82, 2.24) is 0 Å². The summed E-state index contributed by atoms with van der Waals surface area (Å²) in [7, 11) is 0. The molecule has 1 heteroatoms. The molecule has 17 heavy (non-hydrogen) atoms. The van der Waals surface area contributed by atoms with Gasteiger partial charge in [-0.15, -0.1) is 0 Å². The standard InChI is InChI=1S/C16H33N/c1-4-5-6-15-8-11-16(13-17,12-9-15)10-7-14(2)3/h14-15H,4-13,17H2,1-3H3. The molecule has 1 rings (SSSR count). The largest absolute Gasteiger partial charge is 0.330 e. The zero-order chi connectivity index (χ0) is 12.7. The van der Waals surface area contributed by atoms with E-state index >= 15 is 0 Å². The van der Waals surface area contributed by atoms with Crippen LogP contribution in [-0.2, 0) is 0 Å². The van der Waals surface area contributed by atoms with E-state index in [4.69, 9.17) is 5.73 Å². The van der Waals surface area contributed by atoms with Crippen molar-refractivity contribution in [3.05, 3.63) is 0 Å². The Labute approximate surface area is 109 Å². The fourth-order valence-electron chi connectivity index (χ4n) is 3.22. The fourth-order valence-corrected chi connectivity index (χ4v) is 3.22. The molecule has 0 unspecified atom stereocenters. The number of hydrogen-bond donors (Lipinski definition) is 1. The highest BCUT2D eigenvalue weighted by Crippen LogP contribution is 2.43. The van der Waals surface area contributed by atoms with Crippen LogP contribution in [0.1, 0.15) is 78.6 Å². The molecule has 2 N–H and O–H groups in total. The van der Waals surface area contributed by atoms with Gasteiger partial charge in [0, 0.05) is 0 Å². The molecule has 0 aromatic carbocycles. The quantitative estimate of drug-likeness (QED) is 0.682. The van der Waals surface area contributed by atoms with Gasteiger partial charge < -0.3 is 5.73 Å². The summed E-state index contributed by atoms with van der Waals surface area (Å²) < 4.78 is 0. The average Bonchev–Trinajstić information content (AvgIpc) is 2.35. The molecule has 0 bridgehead atoms. The Kier molecular flexibility index (Phi) is 6.54. The second kappa shape index (κ2) is 7.41. The van der Waals surface area contributed by atoms with E-state index in [0.29, 0.717) is 5.41 Å². The van der Waals surface area contributed by atoms with Gasteiger partial charge in [-0.05, 0) is 55.9 Å². The molecule has 0 spiro atoms. The number of unbranched alkanes of at least 4 members (excludes halogenated alkanes) is 1. The van der Waals surface area contributed by atoms with E-state index in [1.54, 1.807) is 0 Å². The van der Waals surface area contributed by atoms with Crippen LogP contribution in [-0.4, -0.2) is 6.54 Å². The van der Waals surface area contributed by atoms with E-state index in [2.05, 4.69) is 20.8 Å². The van der Waals surface area contributed by atoms with Crippen molar-refractivity contribution in [2.45, 2.75) is 78.6 Å². The minimum atomic E-state index is 0.507. The molecule has 0 aromatic heterocycles. The van der Waals surface area contributed by atoms with E-state index in [1.807, 2.05) is 0 Å². The van der Waals surface area contributed by atoms with Crippen LogP contribution in [0.4, 0.5) is 0 Å². The lowest BCUT2D eigenvalue weighted by atomic mass is 9.67. The highest BCUT2D eigenvalue weighted by atomic mass is 14.6. The topological polar surface area (TPSA) is 26.0 Å². The van der Waals surface area contributed by atoms with Gasteiger partial charge in [0.15, 0.2) is 0 Å². The molecule has 0 radical (unpaired) electrons. The molecule has 0 aromatic rings. The molecule has 0 saturated heterocycles. The first kappa shape index (κ1) is 15.0. The third-order valence-electron chi connectivity index (χ3n) is 4.82. The van der Waals surface area contributed by atoms with Gasteiger partial charge >= 0.3 is 0 Å². The van der Waals surface area contributed by atoms with Crippen LogP contribution in [0.3, 0.4) is 0 Å². The van der Waals surface area contributed by atoms with Gasteiger partial charge in [-0.1, -0.05) is 46.5 Å². The Hall–Kier alpha value is -0.0400. The van der Waals surface area contributed by atoms with Gasteiger partial charge in [-0.25, -0.2) is 0 Å². The van der Waals surface area contributed by atoms with E-state index < -0.39 is 0 Å². The van der Waals surface area contributed by atoms with Crippen LogP contribution < -0.4 is 5.73 Å². The summed E-state index contributed by atoms with van der Waals surface area (Å²) in [6.45, 7) is 7.88. The van der Waals surface area contributed by atoms with E-state index in [1.165, 1.54) is 57.8 Å². The predicted molar refractivity (Wildman–Crippen MR) is 77.0 cm³/mol. The van der Waals surface area contributed by atoms with Crippen molar-refractivity contribution in [3.63, 3.8) is 0 Å². The van der Waals surface area contributed by atoms with Crippen molar-refractivity contribution < 1.29 is 0 Å². The van der Waals surface area contributed by atoms with Crippen LogP contribution >= 0.6 is 0 Å². The molecule has 1 aliphatic rings. The second-order valence-corrected chi connectivity index (χ2v) is 6.72. The maximum Gasteiger partial charge on any atom is -0.00205 e. The van der Waals surface area contributed by atoms with Crippen LogP contribution in [0, 0.1) is 17.3 Å². The van der Waals surface area contributed by atoms with Crippen LogP contribution in [0.5, 0.6) is 0 Å². The summed E-state index contributed by atoms with van der Waals surface area (Å²) in [5.41, 5.74) is 6.58. The number of hydrogen-bond acceptors (Lipinski definition) is 1. The Balaban J connectivity index is 2.34. The normalized spacial score (nSPS) is 29.8. The molecule has 1 saturated carbocycles. The fraction of sp³-hybridized carbons (Fsp3) is 1.00. The van der Waals surface area contributed by atoms with Gasteiger partial charge in [0.2, 0.25) is 0 Å². The van der Waals surface area contributed by atoms with Crippen molar-refractivity contribution in [3.8, 4) is 0 Å². The summed E-state index contributed by atoms with van der Waals surface area (Å²) in [5.74, 6) is 1.84. The Bertz CT molecular complexity index is 190. The molecular formula is C16H33N. The highest BCUT2D eigenvalue weighted by Gasteiger charge is 2.33. The number of rotatable bonds is 7. The molecule has 0 heterocycles. The first-order valence-electron chi connectivity index (χ1n) is 7.82. The zero-order valence-electron chi connectivity index (χ0n) is 12.3. The average molecular weight is 239 g/mol. The lowest BCUT2D eigenvalue weighted by Gasteiger charge is -2.40. The van der Waals surface area contributed by atoms with Gasteiger partial charge in [0.1, 0.15) is 0 Å². The molecule has 1 aliphatic carbocycles. The van der Waals surface area contributed by atoms with E-state index in [9.17, 15) is 0 Å². The first-order chi connectivity index (χ1) is 8.12. The Morgan fingerprint density at radius 3 is 2.35 bits per heavy atom. The van der Waals surface area contributed by atoms with Crippen molar-refractivity contribution >= 4 is 0 Å². The van der Waals surface area contributed by atoms with Crippen LogP contribution in [0.2, 0.25) is 0 Å². The lowest BCUT2D eigenvalue weighted by molar-refractivity contribution is 0.131. The predicted octanol–water partition coefficient (Wildman–Crippen LogP) is 4.75. The molecule has 0 amide bonds. The molecule has 0 atom stereocenters. The molecule has 102 valence electrons. The van der Waals surface area contributed by atoms with E-state index in [-0.39, 0.29) is 0 Å². The summed E-state index contributed by atoms with van der Waals surface area (Å²) in [4.78, 5) is 0. The lowest BCUT2D eigenvalue weighted by Crippen LogP contribution is -2.35. The van der Waals surface area contributed by atoms with Crippen molar-refractivity contribution in [2.75, 3.05) is 6.54 Å². The summed E-state index contributed by atoms with van der Waals surface area (Å²) >= 11 is 0. The highest BCUT2D eigenvalue weighted by molar-refractivity contribution is 4.86.